The molecule has 3 aromatic rings. The minimum atomic E-state index is 0.607. The van der Waals surface area contributed by atoms with E-state index in [1.165, 1.54) is 0 Å². The maximum atomic E-state index is 6.19. The molecule has 0 radical (unpaired) electrons. The van der Waals surface area contributed by atoms with Crippen LogP contribution in [0.15, 0.2) is 36.0 Å². The second kappa shape index (κ2) is 4.96. The molecule has 0 saturated carbocycles. The fourth-order valence-corrected chi connectivity index (χ4v) is 3.06. The standard InChI is InChI=1S/C13H9Cl2N3S/c1-18-6-8(5-16-18)13-17-12(7-19-13)10-3-2-9(14)4-11(10)15/h2-7H,1H3. The molecular weight excluding hydrogens is 301 g/mol. The first-order chi connectivity index (χ1) is 9.13. The predicted molar refractivity (Wildman–Crippen MR) is 79.8 cm³/mol. The van der Waals surface area contributed by atoms with Crippen LogP contribution in [0.25, 0.3) is 21.8 Å². The summed E-state index contributed by atoms with van der Waals surface area (Å²) in [6.45, 7) is 0. The van der Waals surface area contributed by atoms with Gasteiger partial charge in [0.1, 0.15) is 5.01 Å². The average molecular weight is 310 g/mol. The van der Waals surface area contributed by atoms with Crippen molar-refractivity contribution in [3.05, 3.63) is 46.0 Å². The van der Waals surface area contributed by atoms with Crippen molar-refractivity contribution < 1.29 is 0 Å². The summed E-state index contributed by atoms with van der Waals surface area (Å²) in [5.74, 6) is 0. The molecule has 0 saturated heterocycles. The Morgan fingerprint density at radius 1 is 1.26 bits per heavy atom. The molecule has 2 heterocycles. The van der Waals surface area contributed by atoms with Crippen molar-refractivity contribution in [1.82, 2.24) is 14.8 Å². The molecule has 0 fully saturated rings. The van der Waals surface area contributed by atoms with E-state index in [0.717, 1.165) is 21.8 Å². The van der Waals surface area contributed by atoms with Crippen LogP contribution < -0.4 is 0 Å². The van der Waals surface area contributed by atoms with Crippen LogP contribution in [0.4, 0.5) is 0 Å². The van der Waals surface area contributed by atoms with Crippen molar-refractivity contribution in [1.29, 1.82) is 0 Å². The van der Waals surface area contributed by atoms with Crippen LogP contribution >= 0.6 is 34.5 Å². The predicted octanol–water partition coefficient (Wildman–Crippen LogP) is 4.52. The number of benzene rings is 1. The Kier molecular flexibility index (Phi) is 3.31. The normalized spacial score (nSPS) is 10.9. The first-order valence-electron chi connectivity index (χ1n) is 5.53. The van der Waals surface area contributed by atoms with Crippen LogP contribution in [0.2, 0.25) is 10.0 Å². The van der Waals surface area contributed by atoms with Crippen LogP contribution in [-0.2, 0) is 7.05 Å². The Balaban J connectivity index is 2.01. The molecule has 1 aromatic carbocycles. The van der Waals surface area contributed by atoms with Crippen molar-refractivity contribution in [2.24, 2.45) is 7.05 Å². The van der Waals surface area contributed by atoms with Crippen LogP contribution in [0, 0.1) is 0 Å². The van der Waals surface area contributed by atoms with E-state index in [0.29, 0.717) is 10.0 Å². The second-order valence-electron chi connectivity index (χ2n) is 4.06. The van der Waals surface area contributed by atoms with Gasteiger partial charge in [-0.2, -0.15) is 5.10 Å². The Bertz CT molecular complexity index is 733. The third kappa shape index (κ3) is 2.52. The lowest BCUT2D eigenvalue weighted by Crippen LogP contribution is -1.84. The fourth-order valence-electron chi connectivity index (χ4n) is 1.76. The summed E-state index contributed by atoms with van der Waals surface area (Å²) in [6.07, 6.45) is 3.73. The Morgan fingerprint density at radius 2 is 2.11 bits per heavy atom. The molecule has 0 aliphatic heterocycles. The molecule has 3 nitrogen and oxygen atoms in total. The zero-order chi connectivity index (χ0) is 13.4. The fraction of sp³-hybridized carbons (Fsp3) is 0.0769. The van der Waals surface area contributed by atoms with Crippen molar-refractivity contribution >= 4 is 34.5 Å². The molecule has 0 unspecified atom stereocenters. The van der Waals surface area contributed by atoms with E-state index in [1.807, 2.05) is 30.8 Å². The molecule has 0 N–H and O–H groups in total. The molecule has 19 heavy (non-hydrogen) atoms. The maximum Gasteiger partial charge on any atom is 0.127 e. The van der Waals surface area contributed by atoms with Gasteiger partial charge in [-0.25, -0.2) is 4.98 Å². The molecule has 0 aliphatic carbocycles. The van der Waals surface area contributed by atoms with Gasteiger partial charge in [0, 0.05) is 34.8 Å². The number of hydrogen-bond donors (Lipinski definition) is 0. The summed E-state index contributed by atoms with van der Waals surface area (Å²) in [4.78, 5) is 4.59. The van der Waals surface area contributed by atoms with Gasteiger partial charge in [-0.05, 0) is 18.2 Å². The van der Waals surface area contributed by atoms with E-state index in [-0.39, 0.29) is 0 Å². The molecule has 0 amide bonds. The second-order valence-corrected chi connectivity index (χ2v) is 5.77. The number of nitrogens with zero attached hydrogens (tertiary/aromatic N) is 3. The molecule has 2 aromatic heterocycles. The molecule has 3 rings (SSSR count). The zero-order valence-electron chi connectivity index (χ0n) is 9.97. The number of thiazole rings is 1. The summed E-state index contributed by atoms with van der Waals surface area (Å²) in [7, 11) is 1.88. The quantitative estimate of drug-likeness (QED) is 0.697. The first kappa shape index (κ1) is 12.7. The van der Waals surface area contributed by atoms with E-state index < -0.39 is 0 Å². The molecule has 0 bridgehead atoms. The maximum absolute atomic E-state index is 6.19. The highest BCUT2D eigenvalue weighted by atomic mass is 35.5. The number of hydrogen-bond acceptors (Lipinski definition) is 3. The third-order valence-corrected chi connectivity index (χ3v) is 4.10. The highest BCUT2D eigenvalue weighted by Crippen LogP contribution is 2.33. The van der Waals surface area contributed by atoms with Crippen LogP contribution in [0.5, 0.6) is 0 Å². The first-order valence-corrected chi connectivity index (χ1v) is 7.17. The third-order valence-electron chi connectivity index (χ3n) is 2.66. The molecule has 6 heteroatoms. The number of aromatic nitrogens is 3. The molecular formula is C13H9Cl2N3S. The monoisotopic (exact) mass is 309 g/mol. The molecule has 0 spiro atoms. The van der Waals surface area contributed by atoms with E-state index in [1.54, 1.807) is 28.3 Å². The van der Waals surface area contributed by atoms with Crippen molar-refractivity contribution in [2.75, 3.05) is 0 Å². The minimum absolute atomic E-state index is 0.607. The number of halogens is 2. The molecule has 0 atom stereocenters. The summed E-state index contributed by atoms with van der Waals surface area (Å²) in [5.41, 5.74) is 2.74. The van der Waals surface area contributed by atoms with E-state index in [9.17, 15) is 0 Å². The van der Waals surface area contributed by atoms with Gasteiger partial charge in [-0.15, -0.1) is 11.3 Å². The van der Waals surface area contributed by atoms with Crippen molar-refractivity contribution in [2.45, 2.75) is 0 Å². The van der Waals surface area contributed by atoms with Crippen molar-refractivity contribution in [3.8, 4) is 21.8 Å². The molecule has 96 valence electrons. The SMILES string of the molecule is Cn1cc(-c2nc(-c3ccc(Cl)cc3Cl)cs2)cn1. The van der Waals surface area contributed by atoms with Gasteiger partial charge in [0.05, 0.1) is 16.9 Å². The summed E-state index contributed by atoms with van der Waals surface area (Å²) in [5, 5.41) is 8.28. The highest BCUT2D eigenvalue weighted by molar-refractivity contribution is 7.13. The number of rotatable bonds is 2. The van der Waals surface area contributed by atoms with Crippen LogP contribution in [-0.4, -0.2) is 14.8 Å². The number of aryl methyl sites for hydroxylation is 1. The van der Waals surface area contributed by atoms with Gasteiger partial charge >= 0.3 is 0 Å². The van der Waals surface area contributed by atoms with Gasteiger partial charge in [0.2, 0.25) is 0 Å². The average Bonchev–Trinajstić information content (AvgIpc) is 2.97. The van der Waals surface area contributed by atoms with Gasteiger partial charge < -0.3 is 0 Å². The van der Waals surface area contributed by atoms with E-state index in [4.69, 9.17) is 23.2 Å². The van der Waals surface area contributed by atoms with E-state index >= 15 is 0 Å². The lowest BCUT2D eigenvalue weighted by molar-refractivity contribution is 0.768. The Hall–Kier alpha value is -1.36. The van der Waals surface area contributed by atoms with Crippen LogP contribution in [0.1, 0.15) is 0 Å². The van der Waals surface area contributed by atoms with E-state index in [2.05, 4.69) is 10.1 Å². The summed E-state index contributed by atoms with van der Waals surface area (Å²) in [6, 6.07) is 5.42. The Morgan fingerprint density at radius 3 is 2.79 bits per heavy atom. The van der Waals surface area contributed by atoms with Crippen LogP contribution in [0.3, 0.4) is 0 Å². The van der Waals surface area contributed by atoms with Gasteiger partial charge in [-0.3, -0.25) is 4.68 Å². The highest BCUT2D eigenvalue weighted by Gasteiger charge is 2.10. The Labute approximate surface area is 124 Å². The topological polar surface area (TPSA) is 30.7 Å². The summed E-state index contributed by atoms with van der Waals surface area (Å²) < 4.78 is 1.76. The largest absolute Gasteiger partial charge is 0.275 e. The van der Waals surface area contributed by atoms with Crippen molar-refractivity contribution in [3.63, 3.8) is 0 Å². The lowest BCUT2D eigenvalue weighted by Gasteiger charge is -2.00. The van der Waals surface area contributed by atoms with Gasteiger partial charge in [0.25, 0.3) is 0 Å². The minimum Gasteiger partial charge on any atom is -0.275 e. The molecule has 0 aliphatic rings. The lowest BCUT2D eigenvalue weighted by atomic mass is 10.2. The smallest absolute Gasteiger partial charge is 0.127 e. The summed E-state index contributed by atoms with van der Waals surface area (Å²) >= 11 is 13.6. The van der Waals surface area contributed by atoms with Gasteiger partial charge in [-0.1, -0.05) is 23.2 Å². The van der Waals surface area contributed by atoms with Gasteiger partial charge in [0.15, 0.2) is 0 Å². The zero-order valence-corrected chi connectivity index (χ0v) is 12.3.